The Morgan fingerprint density at radius 3 is 2.48 bits per heavy atom. The largest absolute Gasteiger partial charge is 0.496 e. The molecule has 0 aliphatic rings. The molecule has 0 heterocycles. The van der Waals surface area contributed by atoms with E-state index in [0.717, 1.165) is 11.3 Å². The number of carbonyl (C=O) groups is 2. The van der Waals surface area contributed by atoms with Crippen LogP contribution in [0.5, 0.6) is 11.5 Å². The summed E-state index contributed by atoms with van der Waals surface area (Å²) in [5, 5.41) is 11.5. The number of benzene rings is 2. The Balaban J connectivity index is 1.84. The summed E-state index contributed by atoms with van der Waals surface area (Å²) in [4.78, 5) is 22.8. The molecular formula is C21H25NO5. The van der Waals surface area contributed by atoms with Gasteiger partial charge < -0.3 is 19.9 Å². The molecule has 0 saturated carbocycles. The molecule has 0 saturated heterocycles. The smallest absolute Gasteiger partial charge is 0.303 e. The van der Waals surface area contributed by atoms with Gasteiger partial charge in [0.2, 0.25) is 5.91 Å². The maximum Gasteiger partial charge on any atom is 0.303 e. The van der Waals surface area contributed by atoms with E-state index in [4.69, 9.17) is 14.6 Å². The van der Waals surface area contributed by atoms with Gasteiger partial charge in [0.05, 0.1) is 13.7 Å². The molecule has 2 aromatic carbocycles. The number of anilines is 1. The molecule has 1 amide bonds. The molecular weight excluding hydrogens is 346 g/mol. The highest BCUT2D eigenvalue weighted by molar-refractivity contribution is 5.91. The number of amides is 1. The highest BCUT2D eigenvalue weighted by atomic mass is 16.5. The third kappa shape index (κ3) is 6.66. The fraction of sp³-hybridized carbons (Fsp3) is 0.333. The summed E-state index contributed by atoms with van der Waals surface area (Å²) < 4.78 is 10.8. The Kier molecular flexibility index (Phi) is 7.67. The number of methoxy groups -OCH3 is 1. The van der Waals surface area contributed by atoms with E-state index in [2.05, 4.69) is 5.32 Å². The van der Waals surface area contributed by atoms with Crippen molar-refractivity contribution in [3.05, 3.63) is 54.1 Å². The molecule has 0 aliphatic heterocycles. The first-order valence-electron chi connectivity index (χ1n) is 8.87. The third-order valence-electron chi connectivity index (χ3n) is 4.10. The van der Waals surface area contributed by atoms with Crippen LogP contribution in [0, 0.1) is 0 Å². The molecule has 2 aromatic rings. The fourth-order valence-corrected chi connectivity index (χ4v) is 2.72. The molecule has 2 rings (SSSR count). The highest BCUT2D eigenvalue weighted by Crippen LogP contribution is 2.28. The van der Waals surface area contributed by atoms with Crippen molar-refractivity contribution in [2.24, 2.45) is 0 Å². The molecule has 0 aliphatic carbocycles. The van der Waals surface area contributed by atoms with E-state index >= 15 is 0 Å². The van der Waals surface area contributed by atoms with Crippen LogP contribution in [-0.2, 0) is 9.59 Å². The van der Waals surface area contributed by atoms with Crippen molar-refractivity contribution in [2.45, 2.75) is 32.1 Å². The number of carboxylic acid groups (broad SMARTS) is 1. The summed E-state index contributed by atoms with van der Waals surface area (Å²) in [6.07, 6.45) is 0.876. The van der Waals surface area contributed by atoms with Gasteiger partial charge in [-0.3, -0.25) is 9.59 Å². The van der Waals surface area contributed by atoms with Gasteiger partial charge in [0.1, 0.15) is 11.5 Å². The van der Waals surface area contributed by atoms with Gasteiger partial charge in [-0.25, -0.2) is 0 Å². The van der Waals surface area contributed by atoms with Crippen LogP contribution >= 0.6 is 0 Å². The minimum absolute atomic E-state index is 0.0259. The highest BCUT2D eigenvalue weighted by Gasteiger charge is 2.15. The first kappa shape index (κ1) is 20.3. The number of rotatable bonds is 10. The maximum absolute atomic E-state index is 12.3. The zero-order valence-corrected chi connectivity index (χ0v) is 15.6. The maximum atomic E-state index is 12.3. The van der Waals surface area contributed by atoms with Gasteiger partial charge in [0.25, 0.3) is 0 Å². The molecule has 0 aromatic heterocycles. The zero-order valence-electron chi connectivity index (χ0n) is 15.6. The van der Waals surface area contributed by atoms with Crippen LogP contribution in [0.25, 0.3) is 0 Å². The van der Waals surface area contributed by atoms with Gasteiger partial charge in [-0.1, -0.05) is 25.1 Å². The van der Waals surface area contributed by atoms with Crippen molar-refractivity contribution >= 4 is 17.6 Å². The molecule has 1 unspecified atom stereocenters. The molecule has 144 valence electrons. The number of hydrogen-bond donors (Lipinski definition) is 2. The van der Waals surface area contributed by atoms with Crippen molar-refractivity contribution in [1.82, 2.24) is 0 Å². The quantitative estimate of drug-likeness (QED) is 0.615. The molecule has 6 heteroatoms. The summed E-state index contributed by atoms with van der Waals surface area (Å²) in [7, 11) is 1.62. The lowest BCUT2D eigenvalue weighted by Gasteiger charge is -2.15. The molecule has 1 atom stereocenters. The molecule has 2 N–H and O–H groups in total. The van der Waals surface area contributed by atoms with Crippen molar-refractivity contribution in [3.63, 3.8) is 0 Å². The normalized spacial score (nSPS) is 11.5. The summed E-state index contributed by atoms with van der Waals surface area (Å²) in [6, 6.07) is 14.7. The minimum atomic E-state index is -0.834. The van der Waals surface area contributed by atoms with Crippen LogP contribution in [0.15, 0.2) is 48.5 Å². The zero-order chi connectivity index (χ0) is 19.6. The van der Waals surface area contributed by atoms with Gasteiger partial charge in [0.15, 0.2) is 0 Å². The summed E-state index contributed by atoms with van der Waals surface area (Å²) in [5.74, 6) is 0.531. The second-order valence-corrected chi connectivity index (χ2v) is 6.27. The Labute approximate surface area is 159 Å². The van der Waals surface area contributed by atoms with E-state index in [1.807, 2.05) is 31.2 Å². The van der Waals surface area contributed by atoms with E-state index in [1.54, 1.807) is 31.4 Å². The van der Waals surface area contributed by atoms with E-state index in [1.165, 1.54) is 0 Å². The Bertz CT molecular complexity index is 757. The van der Waals surface area contributed by atoms with E-state index in [0.29, 0.717) is 30.9 Å². The van der Waals surface area contributed by atoms with E-state index < -0.39 is 5.97 Å². The van der Waals surface area contributed by atoms with Gasteiger partial charge in [-0.05, 0) is 48.2 Å². The van der Waals surface area contributed by atoms with Crippen molar-refractivity contribution in [1.29, 1.82) is 0 Å². The van der Waals surface area contributed by atoms with Crippen LogP contribution in [0.1, 0.15) is 37.7 Å². The number of carbonyl (C=O) groups excluding carboxylic acids is 1. The van der Waals surface area contributed by atoms with Gasteiger partial charge in [0, 0.05) is 18.5 Å². The van der Waals surface area contributed by atoms with Crippen molar-refractivity contribution < 1.29 is 24.2 Å². The second-order valence-electron chi connectivity index (χ2n) is 6.27. The lowest BCUT2D eigenvalue weighted by Crippen LogP contribution is -2.14. The number of carboxylic acids is 1. The number of ether oxygens (including phenoxy) is 2. The third-order valence-corrected chi connectivity index (χ3v) is 4.10. The number of para-hydroxylation sites is 1. The lowest BCUT2D eigenvalue weighted by atomic mass is 9.96. The Morgan fingerprint density at radius 2 is 1.81 bits per heavy atom. The van der Waals surface area contributed by atoms with E-state index in [-0.39, 0.29) is 18.2 Å². The average molecular weight is 371 g/mol. The Hall–Kier alpha value is -3.02. The molecule has 0 spiro atoms. The first-order valence-corrected chi connectivity index (χ1v) is 8.87. The fourth-order valence-electron chi connectivity index (χ4n) is 2.72. The van der Waals surface area contributed by atoms with Crippen LogP contribution in [0.4, 0.5) is 5.69 Å². The predicted molar refractivity (Wildman–Crippen MR) is 103 cm³/mol. The lowest BCUT2D eigenvalue weighted by molar-refractivity contribution is -0.137. The summed E-state index contributed by atoms with van der Waals surface area (Å²) in [6.45, 7) is 2.33. The second kappa shape index (κ2) is 10.2. The molecule has 6 nitrogen and oxygen atoms in total. The minimum Gasteiger partial charge on any atom is -0.496 e. The van der Waals surface area contributed by atoms with Crippen LogP contribution < -0.4 is 14.8 Å². The molecule has 0 fully saturated rings. The van der Waals surface area contributed by atoms with E-state index in [9.17, 15) is 9.59 Å². The van der Waals surface area contributed by atoms with Gasteiger partial charge >= 0.3 is 5.97 Å². The first-order chi connectivity index (χ1) is 13.0. The summed E-state index contributed by atoms with van der Waals surface area (Å²) >= 11 is 0. The number of aliphatic carboxylic acids is 1. The SMILES string of the molecule is COc1ccccc1C(C)CC(=O)Nc1ccc(OCCCC(=O)O)cc1. The van der Waals surface area contributed by atoms with Crippen LogP contribution in [0.2, 0.25) is 0 Å². The van der Waals surface area contributed by atoms with Crippen LogP contribution in [-0.4, -0.2) is 30.7 Å². The van der Waals surface area contributed by atoms with Crippen molar-refractivity contribution in [2.75, 3.05) is 19.0 Å². The standard InChI is InChI=1S/C21H25NO5/c1-15(18-6-3-4-7-19(18)26-2)14-20(23)22-16-9-11-17(12-10-16)27-13-5-8-21(24)25/h3-4,6-7,9-12,15H,5,8,13-14H2,1-2H3,(H,22,23)(H,24,25). The average Bonchev–Trinajstić information content (AvgIpc) is 2.66. The van der Waals surface area contributed by atoms with Gasteiger partial charge in [-0.2, -0.15) is 0 Å². The topological polar surface area (TPSA) is 84.9 Å². The summed E-state index contributed by atoms with van der Waals surface area (Å²) in [5.41, 5.74) is 1.69. The molecule has 27 heavy (non-hydrogen) atoms. The van der Waals surface area contributed by atoms with Crippen molar-refractivity contribution in [3.8, 4) is 11.5 Å². The predicted octanol–water partition coefficient (Wildman–Crippen LogP) is 4.07. The number of hydrogen-bond acceptors (Lipinski definition) is 4. The molecule has 0 bridgehead atoms. The number of nitrogens with one attached hydrogen (secondary N) is 1. The molecule has 0 radical (unpaired) electrons. The Morgan fingerprint density at radius 1 is 1.11 bits per heavy atom. The van der Waals surface area contributed by atoms with Gasteiger partial charge in [-0.15, -0.1) is 0 Å². The monoisotopic (exact) mass is 371 g/mol. The van der Waals surface area contributed by atoms with Crippen LogP contribution in [0.3, 0.4) is 0 Å².